The number of benzene rings is 1. The van der Waals surface area contributed by atoms with Gasteiger partial charge in [-0.3, -0.25) is 0 Å². The Bertz CT molecular complexity index is 274. The van der Waals surface area contributed by atoms with E-state index in [2.05, 4.69) is 63.7 Å². The van der Waals surface area contributed by atoms with Crippen LogP contribution in [-0.2, 0) is 0 Å². The second-order valence-electron chi connectivity index (χ2n) is 4.71. The molecule has 1 atom stereocenters. The Hall–Kier alpha value is -0.0800. The monoisotopic (exact) mass is 240 g/mol. The highest BCUT2D eigenvalue weighted by atomic mass is 32.2. The summed E-state index contributed by atoms with van der Waals surface area (Å²) in [6, 6.07) is 10.7. The largest absolute Gasteiger partial charge is 0.179 e. The first-order valence-corrected chi connectivity index (χ1v) is 6.94. The van der Waals surface area contributed by atoms with Gasteiger partial charge in [0.05, 0.1) is 0 Å². The van der Waals surface area contributed by atoms with Gasteiger partial charge in [-0.25, -0.2) is 0 Å². The molecule has 0 radical (unpaired) electrons. The standard InChI is InChI=1S/C13H20S2/c1-13(2,3)15-10-12(9-14)11-7-5-4-6-8-11/h4-8,12,14H,9-10H2,1-3H3. The molecule has 0 bridgehead atoms. The zero-order chi connectivity index (χ0) is 11.3. The van der Waals surface area contributed by atoms with Crippen molar-refractivity contribution in [1.29, 1.82) is 0 Å². The highest BCUT2D eigenvalue weighted by Gasteiger charge is 2.15. The first-order chi connectivity index (χ1) is 7.03. The average Bonchev–Trinajstić information content (AvgIpc) is 2.19. The van der Waals surface area contributed by atoms with Crippen molar-refractivity contribution in [3.05, 3.63) is 35.9 Å². The highest BCUT2D eigenvalue weighted by molar-refractivity contribution is 8.00. The molecule has 0 aliphatic rings. The SMILES string of the molecule is CC(C)(C)SCC(CS)c1ccccc1. The maximum absolute atomic E-state index is 4.44. The number of hydrogen-bond donors (Lipinski definition) is 1. The molecule has 0 aliphatic heterocycles. The Morgan fingerprint density at radius 1 is 1.20 bits per heavy atom. The van der Waals surface area contributed by atoms with Gasteiger partial charge in [0.2, 0.25) is 0 Å². The Labute approximate surface area is 103 Å². The molecule has 1 rings (SSSR count). The summed E-state index contributed by atoms with van der Waals surface area (Å²) in [4.78, 5) is 0. The quantitative estimate of drug-likeness (QED) is 0.768. The van der Waals surface area contributed by atoms with Gasteiger partial charge in [-0.15, -0.1) is 0 Å². The predicted octanol–water partition coefficient (Wildman–Crippen LogP) is 4.23. The van der Waals surface area contributed by atoms with Gasteiger partial charge in [-0.05, 0) is 11.3 Å². The summed E-state index contributed by atoms with van der Waals surface area (Å²) in [6.07, 6.45) is 0. The molecule has 0 N–H and O–H groups in total. The van der Waals surface area contributed by atoms with E-state index in [4.69, 9.17) is 0 Å². The van der Waals surface area contributed by atoms with E-state index < -0.39 is 0 Å². The molecule has 0 saturated heterocycles. The van der Waals surface area contributed by atoms with Crippen molar-refractivity contribution in [2.45, 2.75) is 31.4 Å². The molecular weight excluding hydrogens is 220 g/mol. The van der Waals surface area contributed by atoms with E-state index in [0.717, 1.165) is 11.5 Å². The summed E-state index contributed by atoms with van der Waals surface area (Å²) in [5, 5.41) is 0. The lowest BCUT2D eigenvalue weighted by Gasteiger charge is -2.22. The smallest absolute Gasteiger partial charge is 0.00753 e. The van der Waals surface area contributed by atoms with Gasteiger partial charge in [0.25, 0.3) is 0 Å². The van der Waals surface area contributed by atoms with Crippen LogP contribution in [0.5, 0.6) is 0 Å². The van der Waals surface area contributed by atoms with Crippen LogP contribution in [0.1, 0.15) is 32.3 Å². The molecule has 0 aliphatic carbocycles. The first kappa shape index (κ1) is 13.0. The van der Waals surface area contributed by atoms with Crippen LogP contribution in [0.3, 0.4) is 0 Å². The fourth-order valence-corrected chi connectivity index (χ4v) is 2.86. The van der Waals surface area contributed by atoms with Gasteiger partial charge in [0.1, 0.15) is 0 Å². The molecular formula is C13H20S2. The lowest BCUT2D eigenvalue weighted by molar-refractivity contribution is 0.792. The Morgan fingerprint density at radius 2 is 1.80 bits per heavy atom. The number of thioether (sulfide) groups is 1. The van der Waals surface area contributed by atoms with Gasteiger partial charge in [-0.1, -0.05) is 51.1 Å². The third-order valence-electron chi connectivity index (χ3n) is 2.21. The van der Waals surface area contributed by atoms with Gasteiger partial charge in [0, 0.05) is 16.4 Å². The number of rotatable bonds is 4. The molecule has 0 aromatic heterocycles. The fourth-order valence-electron chi connectivity index (χ4n) is 1.33. The topological polar surface area (TPSA) is 0 Å². The lowest BCUT2D eigenvalue weighted by atomic mass is 10.0. The molecule has 84 valence electrons. The van der Waals surface area contributed by atoms with Crippen molar-refractivity contribution in [3.63, 3.8) is 0 Å². The Balaban J connectivity index is 2.58. The van der Waals surface area contributed by atoms with Gasteiger partial charge < -0.3 is 0 Å². The van der Waals surface area contributed by atoms with Gasteiger partial charge in [0.15, 0.2) is 0 Å². The molecule has 0 amide bonds. The molecule has 0 nitrogen and oxygen atoms in total. The van der Waals surface area contributed by atoms with E-state index in [9.17, 15) is 0 Å². The summed E-state index contributed by atoms with van der Waals surface area (Å²) >= 11 is 6.46. The summed E-state index contributed by atoms with van der Waals surface area (Å²) in [5.41, 5.74) is 1.41. The van der Waals surface area contributed by atoms with Crippen LogP contribution in [0.2, 0.25) is 0 Å². The number of thiol groups is 1. The van der Waals surface area contributed by atoms with Crippen LogP contribution < -0.4 is 0 Å². The first-order valence-electron chi connectivity index (χ1n) is 5.32. The summed E-state index contributed by atoms with van der Waals surface area (Å²) in [5.74, 6) is 2.64. The molecule has 0 fully saturated rings. The summed E-state index contributed by atoms with van der Waals surface area (Å²) < 4.78 is 0.343. The molecule has 0 heterocycles. The Morgan fingerprint density at radius 3 is 2.27 bits per heavy atom. The third kappa shape index (κ3) is 4.98. The van der Waals surface area contributed by atoms with Crippen molar-refractivity contribution in [1.82, 2.24) is 0 Å². The minimum atomic E-state index is 0.343. The minimum Gasteiger partial charge on any atom is -0.179 e. The van der Waals surface area contributed by atoms with Crippen molar-refractivity contribution < 1.29 is 0 Å². The second kappa shape index (κ2) is 5.86. The zero-order valence-electron chi connectivity index (χ0n) is 9.73. The third-order valence-corrected chi connectivity index (χ3v) is 4.08. The Kier molecular flexibility index (Phi) is 5.07. The maximum Gasteiger partial charge on any atom is 0.00753 e. The summed E-state index contributed by atoms with van der Waals surface area (Å²) in [6.45, 7) is 6.79. The van der Waals surface area contributed by atoms with Crippen LogP contribution in [0.15, 0.2) is 30.3 Å². The van der Waals surface area contributed by atoms with Crippen LogP contribution >= 0.6 is 24.4 Å². The van der Waals surface area contributed by atoms with Crippen molar-refractivity contribution in [3.8, 4) is 0 Å². The van der Waals surface area contributed by atoms with Gasteiger partial charge >= 0.3 is 0 Å². The van der Waals surface area contributed by atoms with E-state index in [0.29, 0.717) is 10.7 Å². The lowest BCUT2D eigenvalue weighted by Crippen LogP contribution is -2.13. The normalized spacial score (nSPS) is 13.9. The molecule has 1 unspecified atom stereocenters. The van der Waals surface area contributed by atoms with Crippen molar-refractivity contribution in [2.24, 2.45) is 0 Å². The minimum absolute atomic E-state index is 0.343. The second-order valence-corrected chi connectivity index (χ2v) is 6.93. The van der Waals surface area contributed by atoms with E-state index in [-0.39, 0.29) is 0 Å². The van der Waals surface area contributed by atoms with E-state index in [1.165, 1.54) is 5.56 Å². The maximum atomic E-state index is 4.44. The zero-order valence-corrected chi connectivity index (χ0v) is 11.4. The van der Waals surface area contributed by atoms with Crippen molar-refractivity contribution in [2.75, 3.05) is 11.5 Å². The van der Waals surface area contributed by atoms with Crippen LogP contribution in [0.25, 0.3) is 0 Å². The fraction of sp³-hybridized carbons (Fsp3) is 0.538. The average molecular weight is 240 g/mol. The van der Waals surface area contributed by atoms with Crippen LogP contribution in [0.4, 0.5) is 0 Å². The van der Waals surface area contributed by atoms with E-state index in [1.54, 1.807) is 0 Å². The molecule has 15 heavy (non-hydrogen) atoms. The molecule has 0 saturated carbocycles. The highest BCUT2D eigenvalue weighted by Crippen LogP contribution is 2.30. The van der Waals surface area contributed by atoms with E-state index >= 15 is 0 Å². The molecule has 1 aromatic carbocycles. The van der Waals surface area contributed by atoms with Crippen molar-refractivity contribution >= 4 is 24.4 Å². The molecule has 2 heteroatoms. The van der Waals surface area contributed by atoms with Gasteiger partial charge in [-0.2, -0.15) is 24.4 Å². The number of hydrogen-bond acceptors (Lipinski definition) is 2. The predicted molar refractivity (Wildman–Crippen MR) is 75.2 cm³/mol. The molecule has 1 aromatic rings. The van der Waals surface area contributed by atoms with E-state index in [1.807, 2.05) is 11.8 Å². The summed E-state index contributed by atoms with van der Waals surface area (Å²) in [7, 11) is 0. The van der Waals surface area contributed by atoms with Crippen LogP contribution in [-0.4, -0.2) is 16.3 Å². The van der Waals surface area contributed by atoms with Crippen LogP contribution in [0, 0.1) is 0 Å². The molecule has 0 spiro atoms.